The van der Waals surface area contributed by atoms with Gasteiger partial charge in [-0.1, -0.05) is 66.7 Å². The zero-order valence-corrected chi connectivity index (χ0v) is 21.0. The van der Waals surface area contributed by atoms with Gasteiger partial charge in [0.15, 0.2) is 0 Å². The van der Waals surface area contributed by atoms with Gasteiger partial charge in [-0.05, 0) is 59.7 Å². The quantitative estimate of drug-likeness (QED) is 0.286. The molecule has 5 aromatic carbocycles. The highest BCUT2D eigenvalue weighted by Gasteiger charge is 2.23. The Morgan fingerprint density at radius 2 is 1.20 bits per heavy atom. The summed E-state index contributed by atoms with van der Waals surface area (Å²) in [6.07, 6.45) is 0. The molecule has 0 aliphatic rings. The second-order valence-electron chi connectivity index (χ2n) is 10.1. The summed E-state index contributed by atoms with van der Waals surface area (Å²) in [4.78, 5) is 32.3. The van der Waals surface area contributed by atoms with Gasteiger partial charge >= 0.3 is 0 Å². The van der Waals surface area contributed by atoms with Crippen molar-refractivity contribution < 1.29 is 0 Å². The highest BCUT2D eigenvalue weighted by Crippen LogP contribution is 2.32. The number of para-hydroxylation sites is 3. The third-order valence-electron chi connectivity index (χ3n) is 7.94. The van der Waals surface area contributed by atoms with Crippen molar-refractivity contribution in [1.82, 2.24) is 23.0 Å². The van der Waals surface area contributed by atoms with Gasteiger partial charge in [0.05, 0.1) is 43.9 Å². The lowest BCUT2D eigenvalue weighted by Crippen LogP contribution is -2.21. The van der Waals surface area contributed by atoms with Crippen LogP contribution in [-0.4, -0.2) is 23.0 Å². The molecule has 4 aromatic heterocycles. The van der Waals surface area contributed by atoms with Crippen LogP contribution in [0.3, 0.4) is 0 Å². The molecule has 0 N–H and O–H groups in total. The molecule has 0 fully saturated rings. The fraction of sp³-hybridized carbons (Fsp3) is 0. The summed E-state index contributed by atoms with van der Waals surface area (Å²) in [7, 11) is 0. The first kappa shape index (κ1) is 21.3. The molecule has 0 bridgehead atoms. The van der Waals surface area contributed by atoms with Crippen LogP contribution in [0.15, 0.2) is 125 Å². The first-order valence-electron chi connectivity index (χ1n) is 13.1. The molecule has 40 heavy (non-hydrogen) atoms. The van der Waals surface area contributed by atoms with E-state index >= 15 is 0 Å². The molecule has 0 amide bonds. The predicted molar refractivity (Wildman–Crippen MR) is 158 cm³/mol. The average molecular weight is 518 g/mol. The fourth-order valence-electron chi connectivity index (χ4n) is 6.16. The minimum absolute atomic E-state index is 0.315. The van der Waals surface area contributed by atoms with Gasteiger partial charge in [-0.25, -0.2) is 9.50 Å². The van der Waals surface area contributed by atoms with Gasteiger partial charge in [-0.15, -0.1) is 0 Å². The summed E-state index contributed by atoms with van der Waals surface area (Å²) in [6, 6.07) is 37.7. The summed E-state index contributed by atoms with van der Waals surface area (Å²) in [5.41, 5.74) is 7.31. The Kier molecular flexibility index (Phi) is 3.96. The van der Waals surface area contributed by atoms with Crippen LogP contribution in [0.25, 0.3) is 66.5 Å². The Balaban J connectivity index is 1.48. The standard InChI is InChI=1S/C33H19N5O2/c39-31-23-16-15-21(20-9-3-1-4-10-20)17-27(23)37-28-19-30-29(18-24(28)32(40)38(31)37)35(22-11-5-2-6-12-22)33-34-25-13-7-8-14-26(25)36(30)33/h1-19H. The molecule has 9 aromatic rings. The Bertz CT molecular complexity index is 2570. The van der Waals surface area contributed by atoms with E-state index in [-0.39, 0.29) is 11.1 Å². The van der Waals surface area contributed by atoms with E-state index in [1.54, 1.807) is 4.52 Å². The molecule has 4 heterocycles. The molecule has 7 nitrogen and oxygen atoms in total. The minimum Gasteiger partial charge on any atom is -0.278 e. The van der Waals surface area contributed by atoms with Crippen molar-refractivity contribution in [2.75, 3.05) is 0 Å². The van der Waals surface area contributed by atoms with Crippen LogP contribution >= 0.6 is 0 Å². The molecular formula is C33H19N5O2. The molecule has 7 heteroatoms. The van der Waals surface area contributed by atoms with Crippen molar-refractivity contribution in [3.05, 3.63) is 136 Å². The highest BCUT2D eigenvalue weighted by molar-refractivity contribution is 6.01. The van der Waals surface area contributed by atoms with Crippen molar-refractivity contribution >= 4 is 49.7 Å². The summed E-state index contributed by atoms with van der Waals surface area (Å²) in [6.45, 7) is 0. The molecule has 0 radical (unpaired) electrons. The first-order valence-corrected chi connectivity index (χ1v) is 13.1. The molecule has 0 atom stereocenters. The fourth-order valence-corrected chi connectivity index (χ4v) is 6.16. The van der Waals surface area contributed by atoms with Crippen LogP contribution in [0.2, 0.25) is 0 Å². The van der Waals surface area contributed by atoms with E-state index in [1.165, 1.54) is 4.52 Å². The smallest absolute Gasteiger partial charge is 0.278 e. The molecular weight excluding hydrogens is 498 g/mol. The van der Waals surface area contributed by atoms with E-state index < -0.39 is 0 Å². The lowest BCUT2D eigenvalue weighted by Gasteiger charge is -2.05. The van der Waals surface area contributed by atoms with Crippen LogP contribution in [0, 0.1) is 0 Å². The SMILES string of the molecule is O=c1c2ccc(-c3ccccc3)cc2n2c3cc4c(cc3c(=O)n12)n(-c1ccccc1)c1nc2ccccc2n41. The second-order valence-corrected chi connectivity index (χ2v) is 10.1. The Morgan fingerprint density at radius 1 is 0.500 bits per heavy atom. The van der Waals surface area contributed by atoms with Gasteiger partial charge in [0.2, 0.25) is 5.78 Å². The van der Waals surface area contributed by atoms with Gasteiger partial charge in [0.1, 0.15) is 0 Å². The second kappa shape index (κ2) is 7.45. The van der Waals surface area contributed by atoms with Crippen LogP contribution < -0.4 is 11.1 Å². The van der Waals surface area contributed by atoms with Crippen molar-refractivity contribution in [3.8, 4) is 16.8 Å². The van der Waals surface area contributed by atoms with E-state index in [0.717, 1.165) is 44.7 Å². The number of imidazole rings is 2. The summed E-state index contributed by atoms with van der Waals surface area (Å²) < 4.78 is 7.24. The number of fused-ring (bicyclic) bond motifs is 10. The maximum absolute atomic E-state index is 13.8. The highest BCUT2D eigenvalue weighted by atomic mass is 16.2. The van der Waals surface area contributed by atoms with Gasteiger partial charge in [0.25, 0.3) is 11.1 Å². The number of hydrogen-bond acceptors (Lipinski definition) is 3. The zero-order chi connectivity index (χ0) is 26.5. The first-order chi connectivity index (χ1) is 19.7. The molecule has 0 spiro atoms. The minimum atomic E-state index is -0.331. The van der Waals surface area contributed by atoms with E-state index in [4.69, 9.17) is 4.98 Å². The normalized spacial score (nSPS) is 12.2. The molecule has 188 valence electrons. The molecule has 9 rings (SSSR count). The maximum atomic E-state index is 13.8. The molecule has 0 saturated carbocycles. The Hall–Kier alpha value is -5.69. The van der Waals surface area contributed by atoms with Gasteiger partial charge in [-0.2, -0.15) is 4.52 Å². The number of benzene rings is 5. The Labute approximate surface area is 225 Å². The third-order valence-corrected chi connectivity index (χ3v) is 7.94. The van der Waals surface area contributed by atoms with Crippen LogP contribution in [-0.2, 0) is 0 Å². The summed E-state index contributed by atoms with van der Waals surface area (Å²) >= 11 is 0. The monoisotopic (exact) mass is 517 g/mol. The largest absolute Gasteiger partial charge is 0.282 e. The van der Waals surface area contributed by atoms with Crippen LogP contribution in [0.4, 0.5) is 0 Å². The number of hydrogen-bond donors (Lipinski definition) is 0. The van der Waals surface area contributed by atoms with Crippen LogP contribution in [0.1, 0.15) is 0 Å². The van der Waals surface area contributed by atoms with Crippen molar-refractivity contribution in [3.63, 3.8) is 0 Å². The number of nitrogens with zero attached hydrogens (tertiary/aromatic N) is 5. The molecule has 0 aliphatic heterocycles. The molecule has 0 unspecified atom stereocenters. The van der Waals surface area contributed by atoms with Crippen molar-refractivity contribution in [2.45, 2.75) is 0 Å². The van der Waals surface area contributed by atoms with Crippen molar-refractivity contribution in [2.24, 2.45) is 0 Å². The molecule has 0 aliphatic carbocycles. The Morgan fingerprint density at radius 3 is 2.02 bits per heavy atom. The number of rotatable bonds is 2. The van der Waals surface area contributed by atoms with Gasteiger partial charge in [-0.3, -0.25) is 18.6 Å². The maximum Gasteiger partial charge on any atom is 0.282 e. The van der Waals surface area contributed by atoms with E-state index in [1.807, 2.05) is 109 Å². The molecule has 0 saturated heterocycles. The summed E-state index contributed by atoms with van der Waals surface area (Å²) in [5.74, 6) is 0.764. The number of aromatic nitrogens is 5. The third kappa shape index (κ3) is 2.60. The van der Waals surface area contributed by atoms with E-state index in [9.17, 15) is 9.59 Å². The van der Waals surface area contributed by atoms with Gasteiger partial charge < -0.3 is 0 Å². The van der Waals surface area contributed by atoms with Gasteiger partial charge in [0, 0.05) is 5.69 Å². The van der Waals surface area contributed by atoms with Crippen LogP contribution in [0.5, 0.6) is 0 Å². The lowest BCUT2D eigenvalue weighted by molar-refractivity contribution is 0.841. The predicted octanol–water partition coefficient (Wildman–Crippen LogP) is 5.92. The zero-order valence-electron chi connectivity index (χ0n) is 21.0. The summed E-state index contributed by atoms with van der Waals surface area (Å²) in [5, 5.41) is 0.998. The topological polar surface area (TPSA) is 65.2 Å². The van der Waals surface area contributed by atoms with E-state index in [2.05, 4.69) is 15.0 Å². The lowest BCUT2D eigenvalue weighted by atomic mass is 10.0. The van der Waals surface area contributed by atoms with E-state index in [0.29, 0.717) is 21.8 Å². The van der Waals surface area contributed by atoms with Crippen molar-refractivity contribution in [1.29, 1.82) is 0 Å². The average Bonchev–Trinajstić information content (AvgIpc) is 3.70.